The van der Waals surface area contributed by atoms with E-state index in [1.165, 1.54) is 11.6 Å². The molecule has 4 rings (SSSR count). The Kier molecular flexibility index (Phi) is 4.65. The number of nitro groups is 1. The van der Waals surface area contributed by atoms with Crippen molar-refractivity contribution < 1.29 is 14.5 Å². The van der Waals surface area contributed by atoms with E-state index >= 15 is 0 Å². The van der Waals surface area contributed by atoms with E-state index in [4.69, 9.17) is 0 Å². The Balaban J connectivity index is 1.62. The topological polar surface area (TPSA) is 83.8 Å². The molecule has 7 heteroatoms. The van der Waals surface area contributed by atoms with Gasteiger partial charge in [0.05, 0.1) is 10.6 Å². The highest BCUT2D eigenvalue weighted by Crippen LogP contribution is 2.36. The summed E-state index contributed by atoms with van der Waals surface area (Å²) in [6.45, 7) is 1.22. The monoisotopic (exact) mass is 377 g/mol. The Morgan fingerprint density at radius 2 is 1.64 bits per heavy atom. The van der Waals surface area contributed by atoms with Gasteiger partial charge >= 0.3 is 0 Å². The maximum Gasteiger partial charge on any atom is 0.294 e. The fourth-order valence-electron chi connectivity index (χ4n) is 3.73. The van der Waals surface area contributed by atoms with Crippen molar-refractivity contribution in [2.45, 2.75) is 19.3 Å². The zero-order valence-corrected chi connectivity index (χ0v) is 15.2. The Labute approximate surface area is 162 Å². The number of hydrogen-bond donors (Lipinski definition) is 0. The molecule has 0 unspecified atom stereocenters. The van der Waals surface area contributed by atoms with Gasteiger partial charge in [0.15, 0.2) is 0 Å². The van der Waals surface area contributed by atoms with Crippen molar-refractivity contribution in [2.75, 3.05) is 22.9 Å². The number of rotatable bonds is 4. The Morgan fingerprint density at radius 3 is 2.25 bits per heavy atom. The summed E-state index contributed by atoms with van der Waals surface area (Å²) in [5.41, 5.74) is 3.06. The van der Waals surface area contributed by atoms with Gasteiger partial charge in [0, 0.05) is 32.0 Å². The zero-order valence-electron chi connectivity index (χ0n) is 15.2. The van der Waals surface area contributed by atoms with Gasteiger partial charge in [0.1, 0.15) is 5.69 Å². The van der Waals surface area contributed by atoms with Gasteiger partial charge in [-0.2, -0.15) is 0 Å². The number of imide groups is 1. The Bertz CT molecular complexity index is 968. The van der Waals surface area contributed by atoms with Crippen LogP contribution >= 0.6 is 0 Å². The first-order valence-electron chi connectivity index (χ1n) is 9.18. The van der Waals surface area contributed by atoms with Gasteiger partial charge in [-0.05, 0) is 29.7 Å². The highest BCUT2D eigenvalue weighted by atomic mass is 16.6. The predicted octanol–water partition coefficient (Wildman–Crippen LogP) is 3.54. The highest BCUT2D eigenvalue weighted by Gasteiger charge is 2.32. The van der Waals surface area contributed by atoms with Crippen LogP contribution in [0.4, 0.5) is 17.1 Å². The van der Waals surface area contributed by atoms with Crippen LogP contribution in [0, 0.1) is 10.1 Å². The van der Waals surface area contributed by atoms with E-state index in [1.54, 1.807) is 12.1 Å². The molecule has 7 nitrogen and oxygen atoms in total. The van der Waals surface area contributed by atoms with Crippen molar-refractivity contribution in [3.8, 4) is 0 Å². The fourth-order valence-corrected chi connectivity index (χ4v) is 3.73. The van der Waals surface area contributed by atoms with Crippen LogP contribution in [0.25, 0.3) is 5.57 Å². The zero-order chi connectivity index (χ0) is 19.7. The van der Waals surface area contributed by atoms with Gasteiger partial charge in [0.25, 0.3) is 5.69 Å². The molecular formula is C21H19N3O4. The summed E-state index contributed by atoms with van der Waals surface area (Å²) in [6.07, 6.45) is 3.16. The highest BCUT2D eigenvalue weighted by molar-refractivity contribution is 6.20. The SMILES string of the molecule is O=C1CCC(=O)N1c1ccc(N2CC=C(c3ccccc3)CC2)c([N+](=O)[O-])c1. The molecule has 2 aromatic rings. The van der Waals surface area contributed by atoms with Crippen molar-refractivity contribution in [1.29, 1.82) is 0 Å². The van der Waals surface area contributed by atoms with Crippen molar-refractivity contribution in [2.24, 2.45) is 0 Å². The van der Waals surface area contributed by atoms with Crippen LogP contribution in [-0.2, 0) is 9.59 Å². The van der Waals surface area contributed by atoms with Crippen LogP contribution in [0.5, 0.6) is 0 Å². The standard InChI is InChI=1S/C21H19N3O4/c25-20-8-9-21(26)23(20)17-6-7-18(19(14-17)24(27)28)22-12-10-16(11-13-22)15-4-2-1-3-5-15/h1-7,10,14H,8-9,11-13H2. The molecule has 2 heterocycles. The van der Waals surface area contributed by atoms with Crippen LogP contribution in [0.2, 0.25) is 0 Å². The second-order valence-electron chi connectivity index (χ2n) is 6.84. The first-order valence-corrected chi connectivity index (χ1v) is 9.18. The van der Waals surface area contributed by atoms with E-state index < -0.39 is 4.92 Å². The minimum atomic E-state index is -0.458. The second kappa shape index (κ2) is 7.26. The molecule has 2 amide bonds. The van der Waals surface area contributed by atoms with E-state index in [1.807, 2.05) is 23.1 Å². The lowest BCUT2D eigenvalue weighted by atomic mass is 9.99. The van der Waals surface area contributed by atoms with Gasteiger partial charge in [-0.1, -0.05) is 36.4 Å². The smallest absolute Gasteiger partial charge is 0.294 e. The van der Waals surface area contributed by atoms with E-state index in [9.17, 15) is 19.7 Å². The third kappa shape index (κ3) is 3.26. The lowest BCUT2D eigenvalue weighted by Gasteiger charge is -2.28. The van der Waals surface area contributed by atoms with Crippen molar-refractivity contribution in [3.63, 3.8) is 0 Å². The van der Waals surface area contributed by atoms with Crippen LogP contribution in [0.15, 0.2) is 54.6 Å². The first kappa shape index (κ1) is 17.9. The molecule has 0 N–H and O–H groups in total. The number of nitrogens with zero attached hydrogens (tertiary/aromatic N) is 3. The molecule has 1 fully saturated rings. The quantitative estimate of drug-likeness (QED) is 0.462. The van der Waals surface area contributed by atoms with Gasteiger partial charge in [-0.3, -0.25) is 24.6 Å². The van der Waals surface area contributed by atoms with Crippen LogP contribution in [0.3, 0.4) is 0 Å². The van der Waals surface area contributed by atoms with E-state index in [0.29, 0.717) is 18.8 Å². The molecule has 0 saturated carbocycles. The normalized spacial score (nSPS) is 17.1. The minimum Gasteiger partial charge on any atom is -0.362 e. The molecule has 0 spiro atoms. The Hall–Kier alpha value is -3.48. The summed E-state index contributed by atoms with van der Waals surface area (Å²) in [5, 5.41) is 11.7. The third-order valence-electron chi connectivity index (χ3n) is 5.16. The second-order valence-corrected chi connectivity index (χ2v) is 6.84. The average molecular weight is 377 g/mol. The molecule has 1 saturated heterocycles. The number of anilines is 2. The molecule has 0 atom stereocenters. The van der Waals surface area contributed by atoms with Crippen molar-refractivity contribution >= 4 is 34.4 Å². The number of hydrogen-bond acceptors (Lipinski definition) is 5. The average Bonchev–Trinajstić information content (AvgIpc) is 3.06. The molecule has 142 valence electrons. The maximum absolute atomic E-state index is 11.9. The van der Waals surface area contributed by atoms with E-state index in [2.05, 4.69) is 18.2 Å². The predicted molar refractivity (Wildman–Crippen MR) is 106 cm³/mol. The molecule has 0 aliphatic carbocycles. The molecule has 0 bridgehead atoms. The molecule has 28 heavy (non-hydrogen) atoms. The van der Waals surface area contributed by atoms with Gasteiger partial charge < -0.3 is 4.90 Å². The molecule has 2 aliphatic heterocycles. The number of nitro benzene ring substituents is 1. The molecule has 2 aromatic carbocycles. The summed E-state index contributed by atoms with van der Waals surface area (Å²) in [7, 11) is 0. The molecule has 2 aliphatic rings. The van der Waals surface area contributed by atoms with Crippen LogP contribution in [0.1, 0.15) is 24.8 Å². The summed E-state index contributed by atoms with van der Waals surface area (Å²) >= 11 is 0. The number of benzene rings is 2. The minimum absolute atomic E-state index is 0.0958. The van der Waals surface area contributed by atoms with Gasteiger partial charge in [-0.15, -0.1) is 0 Å². The lowest BCUT2D eigenvalue weighted by molar-refractivity contribution is -0.384. The van der Waals surface area contributed by atoms with E-state index in [0.717, 1.165) is 16.9 Å². The van der Waals surface area contributed by atoms with E-state index in [-0.39, 0.29) is 36.0 Å². The van der Waals surface area contributed by atoms with Crippen molar-refractivity contribution in [1.82, 2.24) is 0 Å². The Morgan fingerprint density at radius 1 is 0.929 bits per heavy atom. The molecule has 0 radical (unpaired) electrons. The maximum atomic E-state index is 11.9. The third-order valence-corrected chi connectivity index (χ3v) is 5.16. The van der Waals surface area contributed by atoms with Gasteiger partial charge in [0.2, 0.25) is 11.8 Å². The van der Waals surface area contributed by atoms with Crippen LogP contribution in [-0.4, -0.2) is 29.8 Å². The summed E-state index contributed by atoms with van der Waals surface area (Å²) in [4.78, 5) is 38.1. The summed E-state index contributed by atoms with van der Waals surface area (Å²) in [6, 6.07) is 14.6. The van der Waals surface area contributed by atoms with Crippen LogP contribution < -0.4 is 9.80 Å². The largest absolute Gasteiger partial charge is 0.362 e. The molecular weight excluding hydrogens is 358 g/mol. The first-order chi connectivity index (χ1) is 13.5. The molecule has 0 aromatic heterocycles. The number of carbonyl (C=O) groups is 2. The number of carbonyl (C=O) groups excluding carboxylic acids is 2. The number of amides is 2. The van der Waals surface area contributed by atoms with Gasteiger partial charge in [-0.25, -0.2) is 0 Å². The summed E-state index contributed by atoms with van der Waals surface area (Å²) < 4.78 is 0. The summed E-state index contributed by atoms with van der Waals surface area (Å²) in [5.74, 6) is -0.638. The fraction of sp³-hybridized carbons (Fsp3) is 0.238. The lowest BCUT2D eigenvalue weighted by Crippen LogP contribution is -2.30. The van der Waals surface area contributed by atoms with Crippen molar-refractivity contribution in [3.05, 3.63) is 70.3 Å².